The van der Waals surface area contributed by atoms with E-state index in [9.17, 15) is 4.79 Å². The van der Waals surface area contributed by atoms with Crippen molar-refractivity contribution < 1.29 is 9.90 Å². The number of hydrogen-bond donors (Lipinski definition) is 1. The lowest BCUT2D eigenvalue weighted by Crippen LogP contribution is -2.30. The van der Waals surface area contributed by atoms with Crippen LogP contribution in [0.25, 0.3) is 11.4 Å². The fourth-order valence-corrected chi connectivity index (χ4v) is 1.55. The molecule has 0 bridgehead atoms. The summed E-state index contributed by atoms with van der Waals surface area (Å²) in [6.07, 6.45) is 0. The highest BCUT2D eigenvalue weighted by molar-refractivity contribution is 5.73. The number of tetrazole rings is 1. The quantitative estimate of drug-likeness (QED) is 0.883. The van der Waals surface area contributed by atoms with Crippen LogP contribution in [-0.4, -0.2) is 31.3 Å². The van der Waals surface area contributed by atoms with Crippen LogP contribution in [0, 0.1) is 5.41 Å². The summed E-state index contributed by atoms with van der Waals surface area (Å²) in [5.74, 6) is -0.304. The number of carboxylic acids is 1. The fourth-order valence-electron chi connectivity index (χ4n) is 1.55. The molecule has 1 aromatic carbocycles. The minimum Gasteiger partial charge on any atom is -0.481 e. The van der Waals surface area contributed by atoms with E-state index in [0.29, 0.717) is 5.82 Å². The Morgan fingerprint density at radius 1 is 1.33 bits per heavy atom. The predicted molar refractivity (Wildman–Crippen MR) is 64.7 cm³/mol. The van der Waals surface area contributed by atoms with Gasteiger partial charge in [0.05, 0.1) is 12.0 Å². The summed E-state index contributed by atoms with van der Waals surface area (Å²) in [6.45, 7) is 3.51. The molecule has 0 aliphatic carbocycles. The number of hydrogen-bond acceptors (Lipinski definition) is 4. The molecular formula is C12H14N4O2. The molecule has 94 valence electrons. The van der Waals surface area contributed by atoms with Gasteiger partial charge in [-0.3, -0.25) is 4.79 Å². The molecule has 18 heavy (non-hydrogen) atoms. The Balaban J connectivity index is 2.32. The number of carbonyl (C=O) groups is 1. The van der Waals surface area contributed by atoms with Crippen LogP contribution in [-0.2, 0) is 11.3 Å². The predicted octanol–water partition coefficient (Wildman–Crippen LogP) is 1.45. The minimum absolute atomic E-state index is 0.222. The first-order valence-electron chi connectivity index (χ1n) is 5.56. The van der Waals surface area contributed by atoms with Gasteiger partial charge in [0.2, 0.25) is 0 Å². The smallest absolute Gasteiger partial charge is 0.310 e. The highest BCUT2D eigenvalue weighted by Crippen LogP contribution is 2.21. The Morgan fingerprint density at radius 3 is 2.61 bits per heavy atom. The molecule has 6 nitrogen and oxygen atoms in total. The molecule has 0 aliphatic rings. The van der Waals surface area contributed by atoms with Crippen LogP contribution < -0.4 is 0 Å². The van der Waals surface area contributed by atoms with E-state index in [1.807, 2.05) is 30.3 Å². The SMILES string of the molecule is CC(C)(Cn1nnnc1-c1ccccc1)C(=O)O. The minimum atomic E-state index is -0.918. The molecule has 6 heteroatoms. The van der Waals surface area contributed by atoms with Crippen LogP contribution in [0.4, 0.5) is 0 Å². The molecule has 0 atom stereocenters. The Morgan fingerprint density at radius 2 is 2.00 bits per heavy atom. The lowest BCUT2D eigenvalue weighted by Gasteiger charge is -2.19. The number of nitrogens with zero attached hydrogens (tertiary/aromatic N) is 4. The van der Waals surface area contributed by atoms with E-state index >= 15 is 0 Å². The maximum absolute atomic E-state index is 11.1. The van der Waals surface area contributed by atoms with Crippen molar-refractivity contribution in [2.24, 2.45) is 5.41 Å². The van der Waals surface area contributed by atoms with Gasteiger partial charge < -0.3 is 5.11 Å². The van der Waals surface area contributed by atoms with Crippen LogP contribution in [0.3, 0.4) is 0 Å². The van der Waals surface area contributed by atoms with Gasteiger partial charge in [-0.1, -0.05) is 30.3 Å². The summed E-state index contributed by atoms with van der Waals surface area (Å²) in [4.78, 5) is 11.1. The van der Waals surface area contributed by atoms with Gasteiger partial charge in [0, 0.05) is 5.56 Å². The number of carboxylic acid groups (broad SMARTS) is 1. The molecule has 0 unspecified atom stereocenters. The van der Waals surface area contributed by atoms with Crippen molar-refractivity contribution in [1.82, 2.24) is 20.2 Å². The van der Waals surface area contributed by atoms with E-state index in [1.165, 1.54) is 4.68 Å². The van der Waals surface area contributed by atoms with Crippen molar-refractivity contribution in [3.8, 4) is 11.4 Å². The molecule has 1 N–H and O–H groups in total. The van der Waals surface area contributed by atoms with Crippen LogP contribution in [0.15, 0.2) is 30.3 Å². The van der Waals surface area contributed by atoms with Gasteiger partial charge in [0.15, 0.2) is 5.82 Å². The molecule has 0 fully saturated rings. The van der Waals surface area contributed by atoms with Crippen LogP contribution in [0.5, 0.6) is 0 Å². The molecule has 0 amide bonds. The second-order valence-corrected chi connectivity index (χ2v) is 4.72. The fraction of sp³-hybridized carbons (Fsp3) is 0.333. The monoisotopic (exact) mass is 246 g/mol. The Hall–Kier alpha value is -2.24. The lowest BCUT2D eigenvalue weighted by molar-refractivity contribution is -0.147. The van der Waals surface area contributed by atoms with Crippen LogP contribution in [0.1, 0.15) is 13.8 Å². The molecule has 1 heterocycles. The third-order valence-corrected chi connectivity index (χ3v) is 2.69. The summed E-state index contributed by atoms with van der Waals surface area (Å²) in [7, 11) is 0. The second kappa shape index (κ2) is 4.56. The maximum atomic E-state index is 11.1. The van der Waals surface area contributed by atoms with Gasteiger partial charge in [-0.2, -0.15) is 0 Å². The molecule has 0 aliphatic heterocycles. The van der Waals surface area contributed by atoms with E-state index in [0.717, 1.165) is 5.56 Å². The highest BCUT2D eigenvalue weighted by Gasteiger charge is 2.29. The first kappa shape index (κ1) is 12.2. The molecule has 1 aromatic heterocycles. The topological polar surface area (TPSA) is 80.9 Å². The molecule has 2 rings (SSSR count). The Kier molecular flexibility index (Phi) is 3.10. The average Bonchev–Trinajstić information content (AvgIpc) is 2.77. The van der Waals surface area contributed by atoms with Gasteiger partial charge >= 0.3 is 5.97 Å². The summed E-state index contributed by atoms with van der Waals surface area (Å²) >= 11 is 0. The molecular weight excluding hydrogens is 232 g/mol. The third-order valence-electron chi connectivity index (χ3n) is 2.69. The van der Waals surface area contributed by atoms with Gasteiger partial charge in [-0.05, 0) is 24.3 Å². The zero-order chi connectivity index (χ0) is 13.2. The molecule has 2 aromatic rings. The van der Waals surface area contributed by atoms with E-state index in [4.69, 9.17) is 5.11 Å². The molecule has 0 spiro atoms. The largest absolute Gasteiger partial charge is 0.481 e. The standard InChI is InChI=1S/C12H14N4O2/c1-12(2,11(17)18)8-16-10(13-14-15-16)9-6-4-3-5-7-9/h3-7H,8H2,1-2H3,(H,17,18). The van der Waals surface area contributed by atoms with Crippen molar-refractivity contribution in [3.05, 3.63) is 30.3 Å². The first-order valence-corrected chi connectivity index (χ1v) is 5.56. The number of aromatic nitrogens is 4. The van der Waals surface area contributed by atoms with Gasteiger partial charge in [-0.15, -0.1) is 5.10 Å². The summed E-state index contributed by atoms with van der Waals surface area (Å²) < 4.78 is 1.52. The summed E-state index contributed by atoms with van der Waals surface area (Å²) in [6, 6.07) is 9.44. The maximum Gasteiger partial charge on any atom is 0.310 e. The molecule has 0 saturated heterocycles. The van der Waals surface area contributed by atoms with Crippen molar-refractivity contribution in [1.29, 1.82) is 0 Å². The first-order chi connectivity index (χ1) is 8.50. The normalized spacial score (nSPS) is 11.4. The van der Waals surface area contributed by atoms with E-state index in [2.05, 4.69) is 15.5 Å². The van der Waals surface area contributed by atoms with Gasteiger partial charge in [0.1, 0.15) is 0 Å². The Bertz CT molecular complexity index is 548. The van der Waals surface area contributed by atoms with Crippen LogP contribution in [0.2, 0.25) is 0 Å². The van der Waals surface area contributed by atoms with Gasteiger partial charge in [-0.25, -0.2) is 4.68 Å². The Labute approximate surface area is 104 Å². The lowest BCUT2D eigenvalue weighted by atomic mass is 9.94. The van der Waals surface area contributed by atoms with E-state index in [-0.39, 0.29) is 6.54 Å². The highest BCUT2D eigenvalue weighted by atomic mass is 16.4. The summed E-state index contributed by atoms with van der Waals surface area (Å²) in [5, 5.41) is 20.5. The zero-order valence-electron chi connectivity index (χ0n) is 10.2. The molecule has 0 radical (unpaired) electrons. The van der Waals surface area contributed by atoms with Gasteiger partial charge in [0.25, 0.3) is 0 Å². The number of rotatable bonds is 4. The average molecular weight is 246 g/mol. The van der Waals surface area contributed by atoms with E-state index < -0.39 is 11.4 Å². The van der Waals surface area contributed by atoms with Crippen molar-refractivity contribution in [3.63, 3.8) is 0 Å². The van der Waals surface area contributed by atoms with Crippen LogP contribution >= 0.6 is 0 Å². The number of aliphatic carboxylic acids is 1. The summed E-state index contributed by atoms with van der Waals surface area (Å²) in [5.41, 5.74) is -0.0532. The van der Waals surface area contributed by atoms with Crippen molar-refractivity contribution in [2.45, 2.75) is 20.4 Å². The van der Waals surface area contributed by atoms with Crippen molar-refractivity contribution in [2.75, 3.05) is 0 Å². The molecule has 0 saturated carbocycles. The van der Waals surface area contributed by atoms with Crippen molar-refractivity contribution >= 4 is 5.97 Å². The number of benzene rings is 1. The van der Waals surface area contributed by atoms with E-state index in [1.54, 1.807) is 13.8 Å². The third kappa shape index (κ3) is 2.37. The second-order valence-electron chi connectivity index (χ2n) is 4.72. The zero-order valence-corrected chi connectivity index (χ0v) is 10.2.